The summed E-state index contributed by atoms with van der Waals surface area (Å²) in [4.78, 5) is 24.6. The van der Waals surface area contributed by atoms with Gasteiger partial charge in [0.2, 0.25) is 0 Å². The summed E-state index contributed by atoms with van der Waals surface area (Å²) in [6.45, 7) is 5.46. The summed E-state index contributed by atoms with van der Waals surface area (Å²) >= 11 is 11.9. The molecule has 0 radical (unpaired) electrons. The average molecular weight is 417 g/mol. The molecule has 0 aromatic heterocycles. The first-order valence-electron chi connectivity index (χ1n) is 9.63. The Bertz CT molecular complexity index is 614. The Hall–Kier alpha value is -1.26. The molecule has 0 fully saturated rings. The normalized spacial score (nSPS) is 11.3. The fraction of sp³-hybridized carbons (Fsp3) is 0.619. The Kier molecular flexibility index (Phi) is 10.8. The Labute approximate surface area is 172 Å². The third-order valence-corrected chi connectivity index (χ3v) is 4.89. The molecule has 152 valence electrons. The number of carbonyl (C=O) groups is 2. The van der Waals surface area contributed by atoms with E-state index in [-0.39, 0.29) is 10.8 Å². The molecule has 0 amide bonds. The van der Waals surface area contributed by atoms with Crippen LogP contribution in [0.1, 0.15) is 72.1 Å². The second kappa shape index (κ2) is 12.2. The lowest BCUT2D eigenvalue weighted by atomic mass is 9.94. The highest BCUT2D eigenvalue weighted by Gasteiger charge is 2.40. The topological polar surface area (TPSA) is 52.6 Å². The lowest BCUT2D eigenvalue weighted by Crippen LogP contribution is -2.38. The number of hydrogen-bond acceptors (Lipinski definition) is 4. The number of hydrogen-bond donors (Lipinski definition) is 0. The molecule has 0 unspecified atom stereocenters. The van der Waals surface area contributed by atoms with Crippen molar-refractivity contribution in [2.24, 2.45) is 5.41 Å². The standard InChI is InChI=1S/C21H30Cl2O4/c1-4-5-6-7-8-9-10-11-14-26-19(24)21(2,3)20(25)27-18-15-16(22)12-13-17(18)23/h12-13,15H,4-11,14H2,1-3H3. The zero-order chi connectivity index (χ0) is 20.3. The van der Waals surface area contributed by atoms with Gasteiger partial charge < -0.3 is 9.47 Å². The van der Waals surface area contributed by atoms with Gasteiger partial charge in [-0.05, 0) is 32.4 Å². The molecular formula is C21H30Cl2O4. The number of esters is 2. The van der Waals surface area contributed by atoms with Crippen LogP contribution >= 0.6 is 23.2 Å². The molecular weight excluding hydrogens is 387 g/mol. The number of ether oxygens (including phenoxy) is 2. The predicted octanol–water partition coefficient (Wildman–Crippen LogP) is 6.61. The van der Waals surface area contributed by atoms with Crippen molar-refractivity contribution in [1.29, 1.82) is 0 Å². The Morgan fingerprint density at radius 2 is 1.52 bits per heavy atom. The smallest absolute Gasteiger partial charge is 0.328 e. The molecule has 1 aromatic rings. The minimum Gasteiger partial charge on any atom is -0.465 e. The van der Waals surface area contributed by atoms with Gasteiger partial charge in [-0.2, -0.15) is 0 Å². The SMILES string of the molecule is CCCCCCCCCCOC(=O)C(C)(C)C(=O)Oc1cc(Cl)ccc1Cl. The van der Waals surface area contributed by atoms with E-state index in [9.17, 15) is 9.59 Å². The molecule has 4 nitrogen and oxygen atoms in total. The van der Waals surface area contributed by atoms with Crippen molar-refractivity contribution in [3.05, 3.63) is 28.2 Å². The summed E-state index contributed by atoms with van der Waals surface area (Å²) < 4.78 is 10.5. The zero-order valence-corrected chi connectivity index (χ0v) is 18.0. The molecule has 0 saturated carbocycles. The monoisotopic (exact) mass is 416 g/mol. The molecule has 27 heavy (non-hydrogen) atoms. The van der Waals surface area contributed by atoms with E-state index >= 15 is 0 Å². The summed E-state index contributed by atoms with van der Waals surface area (Å²) in [6, 6.07) is 4.55. The molecule has 0 spiro atoms. The van der Waals surface area contributed by atoms with Crippen molar-refractivity contribution in [3.63, 3.8) is 0 Å². The Morgan fingerprint density at radius 1 is 0.926 bits per heavy atom. The number of benzene rings is 1. The summed E-state index contributed by atoms with van der Waals surface area (Å²) in [5.74, 6) is -1.21. The molecule has 0 saturated heterocycles. The van der Waals surface area contributed by atoms with Gasteiger partial charge >= 0.3 is 11.9 Å². The Morgan fingerprint density at radius 3 is 2.15 bits per heavy atom. The average Bonchev–Trinajstić information content (AvgIpc) is 2.63. The minimum absolute atomic E-state index is 0.123. The van der Waals surface area contributed by atoms with Crippen molar-refractivity contribution in [2.75, 3.05) is 6.61 Å². The quantitative estimate of drug-likeness (QED) is 0.166. The Balaban J connectivity index is 2.35. The first-order valence-corrected chi connectivity index (χ1v) is 10.4. The fourth-order valence-electron chi connectivity index (χ4n) is 2.45. The highest BCUT2D eigenvalue weighted by Crippen LogP contribution is 2.30. The predicted molar refractivity (Wildman–Crippen MR) is 109 cm³/mol. The first kappa shape index (κ1) is 23.8. The molecule has 0 aliphatic carbocycles. The molecule has 0 aliphatic rings. The van der Waals surface area contributed by atoms with Gasteiger partial charge in [0.15, 0.2) is 11.2 Å². The molecule has 0 N–H and O–H groups in total. The summed E-state index contributed by atoms with van der Waals surface area (Å²) in [7, 11) is 0. The second-order valence-corrected chi connectivity index (χ2v) is 8.04. The van der Waals surface area contributed by atoms with Crippen LogP contribution < -0.4 is 4.74 Å². The van der Waals surface area contributed by atoms with Gasteiger partial charge in [-0.3, -0.25) is 9.59 Å². The molecule has 0 aliphatic heterocycles. The maximum atomic E-state index is 12.4. The highest BCUT2D eigenvalue weighted by atomic mass is 35.5. The van der Waals surface area contributed by atoms with Gasteiger partial charge in [0.25, 0.3) is 0 Å². The van der Waals surface area contributed by atoms with Gasteiger partial charge in [-0.25, -0.2) is 0 Å². The third kappa shape index (κ3) is 8.52. The van der Waals surface area contributed by atoms with Crippen molar-refractivity contribution in [3.8, 4) is 5.75 Å². The van der Waals surface area contributed by atoms with Crippen LogP contribution in [0.3, 0.4) is 0 Å². The molecule has 0 heterocycles. The first-order chi connectivity index (χ1) is 12.8. The zero-order valence-electron chi connectivity index (χ0n) is 16.5. The molecule has 0 atom stereocenters. The fourth-order valence-corrected chi connectivity index (χ4v) is 2.77. The van der Waals surface area contributed by atoms with Gasteiger partial charge in [-0.15, -0.1) is 0 Å². The van der Waals surface area contributed by atoms with Crippen LogP contribution in [0, 0.1) is 5.41 Å². The number of unbranched alkanes of at least 4 members (excludes halogenated alkanes) is 7. The van der Waals surface area contributed by atoms with Crippen LogP contribution in [-0.2, 0) is 14.3 Å². The van der Waals surface area contributed by atoms with E-state index in [1.807, 2.05) is 0 Å². The van der Waals surface area contributed by atoms with Crippen LogP contribution in [0.2, 0.25) is 10.0 Å². The van der Waals surface area contributed by atoms with E-state index in [1.54, 1.807) is 6.07 Å². The second-order valence-electron chi connectivity index (χ2n) is 7.20. The van der Waals surface area contributed by atoms with Gasteiger partial charge in [0.1, 0.15) is 0 Å². The van der Waals surface area contributed by atoms with Crippen molar-refractivity contribution in [1.82, 2.24) is 0 Å². The summed E-state index contributed by atoms with van der Waals surface area (Å²) in [5, 5.41) is 0.633. The third-order valence-electron chi connectivity index (χ3n) is 4.35. The molecule has 1 rings (SSSR count). The highest BCUT2D eigenvalue weighted by molar-refractivity contribution is 6.34. The van der Waals surface area contributed by atoms with Crippen LogP contribution in [-0.4, -0.2) is 18.5 Å². The lowest BCUT2D eigenvalue weighted by molar-refractivity contribution is -0.164. The van der Waals surface area contributed by atoms with E-state index in [0.29, 0.717) is 11.6 Å². The number of carbonyl (C=O) groups excluding carboxylic acids is 2. The molecule has 6 heteroatoms. The van der Waals surface area contributed by atoms with Gasteiger partial charge in [0.05, 0.1) is 11.6 Å². The number of rotatable bonds is 12. The van der Waals surface area contributed by atoms with Crippen LogP contribution in [0.5, 0.6) is 5.75 Å². The maximum Gasteiger partial charge on any atom is 0.328 e. The van der Waals surface area contributed by atoms with Crippen molar-refractivity contribution in [2.45, 2.75) is 72.1 Å². The van der Waals surface area contributed by atoms with Crippen molar-refractivity contribution < 1.29 is 19.1 Å². The van der Waals surface area contributed by atoms with Crippen LogP contribution in [0.4, 0.5) is 0 Å². The van der Waals surface area contributed by atoms with Crippen LogP contribution in [0.15, 0.2) is 18.2 Å². The molecule has 1 aromatic carbocycles. The molecule has 0 bridgehead atoms. The summed E-state index contributed by atoms with van der Waals surface area (Å²) in [5.41, 5.74) is -1.42. The summed E-state index contributed by atoms with van der Waals surface area (Å²) in [6.07, 6.45) is 9.26. The van der Waals surface area contributed by atoms with E-state index < -0.39 is 17.4 Å². The van der Waals surface area contributed by atoms with Crippen LogP contribution in [0.25, 0.3) is 0 Å². The van der Waals surface area contributed by atoms with E-state index in [2.05, 4.69) is 6.92 Å². The van der Waals surface area contributed by atoms with Gasteiger partial charge in [0, 0.05) is 11.1 Å². The largest absolute Gasteiger partial charge is 0.465 e. The van der Waals surface area contributed by atoms with E-state index in [0.717, 1.165) is 19.3 Å². The number of halogens is 2. The van der Waals surface area contributed by atoms with Crippen molar-refractivity contribution >= 4 is 35.1 Å². The lowest BCUT2D eigenvalue weighted by Gasteiger charge is -2.21. The maximum absolute atomic E-state index is 12.4. The van der Waals surface area contributed by atoms with E-state index in [1.165, 1.54) is 58.1 Å². The minimum atomic E-state index is -1.42. The van der Waals surface area contributed by atoms with Gasteiger partial charge in [-0.1, -0.05) is 75.1 Å². The van der Waals surface area contributed by atoms with E-state index in [4.69, 9.17) is 32.7 Å².